The van der Waals surface area contributed by atoms with E-state index in [0.717, 1.165) is 16.7 Å². The highest BCUT2D eigenvalue weighted by Gasteiger charge is 2.60. The van der Waals surface area contributed by atoms with E-state index in [0.29, 0.717) is 0 Å². The van der Waals surface area contributed by atoms with E-state index in [9.17, 15) is 5.11 Å². The second kappa shape index (κ2) is 13.2. The van der Waals surface area contributed by atoms with Crippen molar-refractivity contribution in [1.29, 1.82) is 0 Å². The number of rotatable bonds is 11. The largest absolute Gasteiger partial charge is 0.409 e. The normalized spacial score (nSPS) is 23.3. The average molecular weight is 645 g/mol. The van der Waals surface area contributed by atoms with Crippen LogP contribution in [0.3, 0.4) is 0 Å². The van der Waals surface area contributed by atoms with Gasteiger partial charge in [0.2, 0.25) is 0 Å². The quantitative estimate of drug-likeness (QED) is 0.169. The minimum Gasteiger partial charge on any atom is -0.409 e. The van der Waals surface area contributed by atoms with Crippen LogP contribution >= 0.6 is 0 Å². The molecule has 8 heteroatoms. The van der Waals surface area contributed by atoms with E-state index in [1.54, 1.807) is 0 Å². The molecule has 1 fully saturated rings. The van der Waals surface area contributed by atoms with Crippen LogP contribution in [0.25, 0.3) is 0 Å². The lowest BCUT2D eigenvalue weighted by molar-refractivity contribution is -0.157. The number of hydrogen-bond donors (Lipinski definition) is 1. The monoisotopic (exact) mass is 644 g/mol. The van der Waals surface area contributed by atoms with E-state index in [1.807, 2.05) is 54.6 Å². The Morgan fingerprint density at radius 3 is 1.42 bits per heavy atom. The van der Waals surface area contributed by atoms with Gasteiger partial charge in [0, 0.05) is 6.00 Å². The van der Waals surface area contributed by atoms with Gasteiger partial charge in [-0.15, -0.1) is 0 Å². The van der Waals surface area contributed by atoms with E-state index in [2.05, 4.69) is 104 Å². The fourth-order valence-corrected chi connectivity index (χ4v) is 8.11. The summed E-state index contributed by atoms with van der Waals surface area (Å²) >= 11 is 0. The molecule has 1 saturated heterocycles. The van der Waals surface area contributed by atoms with E-state index in [4.69, 9.17) is 26.2 Å². The molecule has 3 aromatic carbocycles. The fraction of sp³-hybridized carbons (Fsp3) is 0.514. The Kier molecular flexibility index (Phi) is 10.5. The van der Waals surface area contributed by atoms with Crippen LogP contribution in [0.15, 0.2) is 91.0 Å². The summed E-state index contributed by atoms with van der Waals surface area (Å²) in [5.74, 6) is 0. The van der Waals surface area contributed by atoms with Crippen LogP contribution < -0.4 is 0 Å². The van der Waals surface area contributed by atoms with Crippen LogP contribution in [0.5, 0.6) is 0 Å². The molecule has 3 aromatic rings. The summed E-state index contributed by atoms with van der Waals surface area (Å²) in [6.07, 6.45) is -1.22. The zero-order valence-corrected chi connectivity index (χ0v) is 31.0. The summed E-state index contributed by atoms with van der Waals surface area (Å²) in [7, 11) is 2.10. The predicted octanol–water partition coefficient (Wildman–Crippen LogP) is 8.03. The van der Waals surface area contributed by atoms with E-state index in [1.165, 1.54) is 0 Å². The van der Waals surface area contributed by atoms with Crippen molar-refractivity contribution in [3.8, 4) is 0 Å². The summed E-state index contributed by atoms with van der Waals surface area (Å²) in [6, 6.07) is 29.9. The zero-order chi connectivity index (χ0) is 33.3. The van der Waals surface area contributed by atoms with Gasteiger partial charge in [-0.25, -0.2) is 0 Å². The molecule has 242 valence electrons. The number of ether oxygens (including phenoxy) is 2. The Morgan fingerprint density at radius 2 is 1.07 bits per heavy atom. The summed E-state index contributed by atoms with van der Waals surface area (Å²) in [6.45, 7) is 21.8. The molecule has 0 saturated carbocycles. The van der Waals surface area contributed by atoms with Crippen molar-refractivity contribution in [2.45, 2.75) is 107 Å². The van der Waals surface area contributed by atoms with Gasteiger partial charge in [-0.05, 0) is 53.0 Å². The Morgan fingerprint density at radius 1 is 0.689 bits per heavy atom. The second-order valence-corrected chi connectivity index (χ2v) is 25.0. The molecule has 1 aliphatic rings. The minimum absolute atomic E-state index is 0.0204. The van der Waals surface area contributed by atoms with Crippen molar-refractivity contribution < 1.29 is 23.4 Å². The Hall–Kier alpha value is -2.04. The number of benzene rings is 3. The first-order valence-electron chi connectivity index (χ1n) is 16.1. The molecule has 0 spiro atoms. The van der Waals surface area contributed by atoms with Crippen molar-refractivity contribution in [2.75, 3.05) is 13.2 Å². The summed E-state index contributed by atoms with van der Waals surface area (Å²) in [5.41, 5.74) is 0.626. The fourth-order valence-electron chi connectivity index (χ4n) is 5.48. The Labute approximate surface area is 275 Å². The van der Waals surface area contributed by atoms with Gasteiger partial charge < -0.3 is 23.4 Å². The van der Waals surface area contributed by atoms with Crippen molar-refractivity contribution >= 4 is 24.5 Å². The lowest BCUT2D eigenvalue weighted by atomic mass is 9.79. The molecular weight excluding hydrogens is 591 g/mol. The molecule has 1 aliphatic heterocycles. The van der Waals surface area contributed by atoms with Crippen LogP contribution in [0.4, 0.5) is 0 Å². The van der Waals surface area contributed by atoms with Gasteiger partial charge in [-0.2, -0.15) is 0 Å². The molecule has 0 amide bonds. The maximum atomic E-state index is 11.3. The molecule has 0 bridgehead atoms. The SMILES string of the molecule is [B][C@@H]1O[C@@](CO)(COC(c2ccccc2)(c2ccccc2)c2ccccc2)[C@H](O[Si](C)(C)C(C)(C)C)[C@H]1O[Si](C)(C)C(C)(C)C. The van der Waals surface area contributed by atoms with E-state index < -0.39 is 46.0 Å². The standard InChI is InChI=1S/C37H53BO5Si2/c1-34(2,3)44(7,8)42-31-32(43-45(9,10)35(4,5)6)36(26-39,41-33(31)38)27-40-37(28-20-14-11-15-21-28,29-22-16-12-17-23-29)30-24-18-13-19-25-30/h11-25,31-33,39H,26-27H2,1-10H3/t31-,32-,33-,36+/m1/s1. The highest BCUT2D eigenvalue weighted by molar-refractivity contribution is 6.74. The maximum Gasteiger partial charge on any atom is 0.192 e. The van der Waals surface area contributed by atoms with Gasteiger partial charge >= 0.3 is 0 Å². The molecule has 5 nitrogen and oxygen atoms in total. The van der Waals surface area contributed by atoms with Gasteiger partial charge in [0.1, 0.15) is 25.2 Å². The summed E-state index contributed by atoms with van der Waals surface area (Å²) < 4.78 is 28.1. The van der Waals surface area contributed by atoms with Crippen LogP contribution in [-0.2, 0) is 23.9 Å². The summed E-state index contributed by atoms with van der Waals surface area (Å²) in [4.78, 5) is 0. The molecule has 1 N–H and O–H groups in total. The second-order valence-electron chi connectivity index (χ2n) is 15.5. The highest BCUT2D eigenvalue weighted by atomic mass is 28.4. The Balaban J connectivity index is 1.87. The maximum absolute atomic E-state index is 11.3. The zero-order valence-electron chi connectivity index (χ0n) is 29.0. The third-order valence-electron chi connectivity index (χ3n) is 10.3. The van der Waals surface area contributed by atoms with Crippen molar-refractivity contribution in [1.82, 2.24) is 0 Å². The highest BCUT2D eigenvalue weighted by Crippen LogP contribution is 2.48. The van der Waals surface area contributed by atoms with Crippen LogP contribution in [0.1, 0.15) is 58.2 Å². The summed E-state index contributed by atoms with van der Waals surface area (Å²) in [5, 5.41) is 11.2. The lowest BCUT2D eigenvalue weighted by Crippen LogP contribution is -2.60. The number of hydrogen-bond acceptors (Lipinski definition) is 5. The Bertz CT molecular complexity index is 1280. The van der Waals surface area contributed by atoms with Crippen molar-refractivity contribution in [3.05, 3.63) is 108 Å². The van der Waals surface area contributed by atoms with Gasteiger partial charge in [0.15, 0.2) is 16.6 Å². The van der Waals surface area contributed by atoms with Gasteiger partial charge in [0.25, 0.3) is 0 Å². The van der Waals surface area contributed by atoms with Crippen LogP contribution in [0, 0.1) is 0 Å². The van der Waals surface area contributed by atoms with Crippen molar-refractivity contribution in [3.63, 3.8) is 0 Å². The first-order chi connectivity index (χ1) is 20.9. The number of aliphatic hydroxyl groups excluding tert-OH is 1. The average Bonchev–Trinajstić information content (AvgIpc) is 3.23. The third kappa shape index (κ3) is 7.13. The molecule has 2 radical (unpaired) electrons. The molecule has 1 heterocycles. The van der Waals surface area contributed by atoms with Gasteiger partial charge in [-0.3, -0.25) is 0 Å². The molecule has 0 aromatic heterocycles. The molecule has 0 aliphatic carbocycles. The number of aliphatic hydroxyl groups is 1. The van der Waals surface area contributed by atoms with Gasteiger partial charge in [0.05, 0.1) is 19.3 Å². The molecule has 4 atom stereocenters. The topological polar surface area (TPSA) is 57.2 Å². The first-order valence-corrected chi connectivity index (χ1v) is 21.9. The van der Waals surface area contributed by atoms with Crippen molar-refractivity contribution in [2.24, 2.45) is 0 Å². The third-order valence-corrected chi connectivity index (χ3v) is 19.2. The minimum atomic E-state index is -2.40. The molecular formula is C37H53BO5Si2. The predicted molar refractivity (Wildman–Crippen MR) is 190 cm³/mol. The molecule has 0 unspecified atom stereocenters. The van der Waals surface area contributed by atoms with E-state index >= 15 is 0 Å². The first kappa shape index (κ1) is 35.8. The van der Waals surface area contributed by atoms with Gasteiger partial charge in [-0.1, -0.05) is 133 Å². The van der Waals surface area contributed by atoms with Crippen LogP contribution in [0.2, 0.25) is 36.3 Å². The van der Waals surface area contributed by atoms with E-state index in [-0.39, 0.29) is 23.3 Å². The smallest absolute Gasteiger partial charge is 0.192 e. The van der Waals surface area contributed by atoms with Crippen LogP contribution in [-0.4, -0.2) is 66.6 Å². The molecule has 45 heavy (non-hydrogen) atoms. The molecule has 4 rings (SSSR count). The lowest BCUT2D eigenvalue weighted by Gasteiger charge is -2.47.